The molecule has 3 amide bonds. The molecule has 0 unspecified atom stereocenters. The van der Waals surface area contributed by atoms with Gasteiger partial charge in [-0.25, -0.2) is 0 Å². The number of carbonyl (C=O) groups is 3. The monoisotopic (exact) mass is 640 g/mol. The Morgan fingerprint density at radius 2 is 1.68 bits per heavy atom. The number of nitrogens with zero attached hydrogens (tertiary/aromatic N) is 2. The predicted molar refractivity (Wildman–Crippen MR) is 180 cm³/mol. The van der Waals surface area contributed by atoms with E-state index in [0.29, 0.717) is 23.9 Å². The van der Waals surface area contributed by atoms with Crippen LogP contribution >= 0.6 is 0 Å². The van der Waals surface area contributed by atoms with Gasteiger partial charge in [0, 0.05) is 18.3 Å². The first-order valence-corrected chi connectivity index (χ1v) is 17.6. The molecule has 1 aliphatic carbocycles. The lowest BCUT2D eigenvalue weighted by Gasteiger charge is -2.35. The number of piperidine rings is 1. The summed E-state index contributed by atoms with van der Waals surface area (Å²) >= 11 is 0. The van der Waals surface area contributed by atoms with Crippen molar-refractivity contribution >= 4 is 23.4 Å². The predicted octanol–water partition coefficient (Wildman–Crippen LogP) is 4.58. The maximum atomic E-state index is 14.4. The molecule has 9 nitrogen and oxygen atoms in total. The third-order valence-corrected chi connectivity index (χ3v) is 11.2. The third-order valence-electron chi connectivity index (χ3n) is 11.2. The first kappa shape index (κ1) is 31.9. The molecule has 2 N–H and O–H groups in total. The Bertz CT molecular complexity index is 1450. The molecule has 9 heteroatoms. The number of methoxy groups -OCH3 is 1. The number of benzene rings is 2. The molecule has 1 saturated carbocycles. The summed E-state index contributed by atoms with van der Waals surface area (Å²) in [7, 11) is 1.60. The molecule has 2 aromatic rings. The van der Waals surface area contributed by atoms with Crippen LogP contribution in [0.5, 0.6) is 5.75 Å². The van der Waals surface area contributed by atoms with E-state index >= 15 is 0 Å². The fourth-order valence-electron chi connectivity index (χ4n) is 8.76. The number of anilines is 1. The second kappa shape index (κ2) is 13.8. The lowest BCUT2D eigenvalue weighted by Crippen LogP contribution is -2.56. The normalized spacial score (nSPS) is 29.2. The van der Waals surface area contributed by atoms with Crippen LogP contribution in [0.3, 0.4) is 0 Å². The van der Waals surface area contributed by atoms with Crippen LogP contribution in [0.4, 0.5) is 5.69 Å². The summed E-state index contributed by atoms with van der Waals surface area (Å²) in [5.74, 6) is -0.650. The molecule has 4 fully saturated rings. The summed E-state index contributed by atoms with van der Waals surface area (Å²) < 4.78 is 11.8. The molecule has 2 bridgehead atoms. The van der Waals surface area contributed by atoms with Gasteiger partial charge in [0.05, 0.1) is 25.0 Å². The van der Waals surface area contributed by atoms with Crippen LogP contribution in [0.25, 0.3) is 0 Å². The summed E-state index contributed by atoms with van der Waals surface area (Å²) in [4.78, 5) is 46.5. The van der Waals surface area contributed by atoms with Crippen LogP contribution < -0.4 is 15.4 Å². The van der Waals surface area contributed by atoms with E-state index < -0.39 is 29.6 Å². The van der Waals surface area contributed by atoms with E-state index in [9.17, 15) is 14.4 Å². The Kier molecular flexibility index (Phi) is 9.37. The number of ether oxygens (including phenoxy) is 2. The Balaban J connectivity index is 1.03. The number of hydrogen-bond acceptors (Lipinski definition) is 6. The standard InChI is InChI=1S/C38H48N4O5/c1-46-30-15-13-29(14-16-30)39-35(43)32-31-17-20-38(47-31)33(32)37(45)42(34(38)36(44)40-28-11-6-3-7-12-28)22-8-21-41-23-18-27(19-24-41)25-26-9-4-2-5-10-26/h2,4-5,9-10,13-17,20,27-28,31-34H,3,6-8,11-12,18-19,21-25H2,1H3,(H,39,43)(H,40,44)/t31-,32-,33-,34+,38-/m1/s1. The van der Waals surface area contributed by atoms with Crippen LogP contribution in [0.2, 0.25) is 0 Å². The first-order chi connectivity index (χ1) is 22.9. The van der Waals surface area contributed by atoms with Gasteiger partial charge in [0.2, 0.25) is 17.7 Å². The SMILES string of the molecule is COc1ccc(NC(=O)[C@@H]2[C@H]3C=C[C@]4(O3)[C@H](C(=O)NC3CCCCC3)N(CCCN3CCC(Cc5ccccc5)CC3)C(=O)[C@@H]24)cc1. The van der Waals surface area contributed by atoms with E-state index in [2.05, 4.69) is 45.9 Å². The number of rotatable bonds is 11. The average molecular weight is 641 g/mol. The Morgan fingerprint density at radius 1 is 0.936 bits per heavy atom. The van der Waals surface area contributed by atoms with Gasteiger partial charge in [-0.05, 0) is 93.9 Å². The summed E-state index contributed by atoms with van der Waals surface area (Å²) in [6.45, 7) is 3.42. The van der Waals surface area contributed by atoms with E-state index in [-0.39, 0.29) is 23.8 Å². The molecular formula is C38H48N4O5. The molecule has 0 radical (unpaired) electrons. The van der Waals surface area contributed by atoms with Crippen LogP contribution in [0.1, 0.15) is 56.9 Å². The van der Waals surface area contributed by atoms with Gasteiger partial charge < -0.3 is 29.9 Å². The zero-order valence-corrected chi connectivity index (χ0v) is 27.4. The fourth-order valence-corrected chi connectivity index (χ4v) is 8.76. The lowest BCUT2D eigenvalue weighted by atomic mass is 9.74. The topological polar surface area (TPSA) is 100 Å². The quantitative estimate of drug-likeness (QED) is 0.349. The second-order valence-corrected chi connectivity index (χ2v) is 14.1. The molecule has 250 valence electrons. The van der Waals surface area contributed by atoms with Crippen molar-refractivity contribution in [2.75, 3.05) is 38.6 Å². The van der Waals surface area contributed by atoms with Crippen molar-refractivity contribution in [3.05, 3.63) is 72.3 Å². The van der Waals surface area contributed by atoms with Crippen molar-refractivity contribution in [1.82, 2.24) is 15.1 Å². The number of fused-ring (bicyclic) bond motifs is 1. The Labute approximate surface area is 278 Å². The van der Waals surface area contributed by atoms with E-state index in [1.807, 2.05) is 12.2 Å². The van der Waals surface area contributed by atoms with Crippen molar-refractivity contribution in [3.8, 4) is 5.75 Å². The molecule has 5 aliphatic rings. The molecule has 7 rings (SSSR count). The molecule has 0 aromatic heterocycles. The van der Waals surface area contributed by atoms with Crippen molar-refractivity contribution < 1.29 is 23.9 Å². The minimum absolute atomic E-state index is 0.109. The fraction of sp³-hybridized carbons (Fsp3) is 0.553. The number of amides is 3. The molecular weight excluding hydrogens is 592 g/mol. The number of likely N-dealkylation sites (tertiary alicyclic amines) is 2. The molecule has 1 spiro atoms. The third kappa shape index (κ3) is 6.44. The van der Waals surface area contributed by atoms with Gasteiger partial charge in [0.1, 0.15) is 17.4 Å². The van der Waals surface area contributed by atoms with Crippen molar-refractivity contribution in [3.63, 3.8) is 0 Å². The number of hydrogen-bond donors (Lipinski definition) is 2. The summed E-state index contributed by atoms with van der Waals surface area (Å²) in [6.07, 6.45) is 12.7. The van der Waals surface area contributed by atoms with Crippen LogP contribution in [-0.2, 0) is 25.5 Å². The number of carbonyl (C=O) groups excluding carboxylic acids is 3. The summed E-state index contributed by atoms with van der Waals surface area (Å²) in [5.41, 5.74) is 0.887. The smallest absolute Gasteiger partial charge is 0.246 e. The maximum Gasteiger partial charge on any atom is 0.246 e. The summed E-state index contributed by atoms with van der Waals surface area (Å²) in [6, 6.07) is 17.2. The van der Waals surface area contributed by atoms with Gasteiger partial charge in [-0.15, -0.1) is 0 Å². The molecule has 3 saturated heterocycles. The number of nitrogens with one attached hydrogen (secondary N) is 2. The van der Waals surface area contributed by atoms with Crippen molar-refractivity contribution in [2.45, 2.75) is 81.6 Å². The maximum absolute atomic E-state index is 14.4. The average Bonchev–Trinajstić information content (AvgIpc) is 3.74. The van der Waals surface area contributed by atoms with E-state index in [0.717, 1.165) is 58.2 Å². The molecule has 4 heterocycles. The van der Waals surface area contributed by atoms with E-state index in [4.69, 9.17) is 9.47 Å². The van der Waals surface area contributed by atoms with Crippen LogP contribution in [0.15, 0.2) is 66.7 Å². The molecule has 4 aliphatic heterocycles. The van der Waals surface area contributed by atoms with Gasteiger partial charge in [0.15, 0.2) is 0 Å². The van der Waals surface area contributed by atoms with Gasteiger partial charge in [-0.2, -0.15) is 0 Å². The first-order valence-electron chi connectivity index (χ1n) is 17.6. The van der Waals surface area contributed by atoms with Gasteiger partial charge >= 0.3 is 0 Å². The highest BCUT2D eigenvalue weighted by molar-refractivity contribution is 6.02. The molecule has 5 atom stereocenters. The largest absolute Gasteiger partial charge is 0.497 e. The zero-order chi connectivity index (χ0) is 32.4. The van der Waals surface area contributed by atoms with Gasteiger partial charge in [-0.3, -0.25) is 14.4 Å². The minimum atomic E-state index is -1.14. The zero-order valence-electron chi connectivity index (χ0n) is 27.4. The molecule has 47 heavy (non-hydrogen) atoms. The summed E-state index contributed by atoms with van der Waals surface area (Å²) in [5, 5.41) is 6.28. The highest BCUT2D eigenvalue weighted by Crippen LogP contribution is 2.55. The Hall–Kier alpha value is -3.69. The lowest BCUT2D eigenvalue weighted by molar-refractivity contribution is -0.141. The molecule has 2 aromatic carbocycles. The van der Waals surface area contributed by atoms with Crippen molar-refractivity contribution in [1.29, 1.82) is 0 Å². The van der Waals surface area contributed by atoms with Crippen LogP contribution in [0, 0.1) is 17.8 Å². The van der Waals surface area contributed by atoms with Crippen molar-refractivity contribution in [2.24, 2.45) is 17.8 Å². The second-order valence-electron chi connectivity index (χ2n) is 14.1. The van der Waals surface area contributed by atoms with Gasteiger partial charge in [-0.1, -0.05) is 61.7 Å². The van der Waals surface area contributed by atoms with Gasteiger partial charge in [0.25, 0.3) is 0 Å². The van der Waals surface area contributed by atoms with Crippen LogP contribution in [-0.4, -0.2) is 84.6 Å². The highest BCUT2D eigenvalue weighted by Gasteiger charge is 2.72. The Morgan fingerprint density at radius 3 is 2.40 bits per heavy atom. The minimum Gasteiger partial charge on any atom is -0.497 e. The highest BCUT2D eigenvalue weighted by atomic mass is 16.5. The van der Waals surface area contributed by atoms with E-state index in [1.165, 1.54) is 24.8 Å². The van der Waals surface area contributed by atoms with E-state index in [1.54, 1.807) is 36.3 Å².